The molecule has 1 fully saturated rings. The van der Waals surface area contributed by atoms with E-state index in [1.807, 2.05) is 18.2 Å². The van der Waals surface area contributed by atoms with Gasteiger partial charge in [-0.05, 0) is 61.0 Å². The standard InChI is InChI=1S/C26H29N3O2S/c30-24(20-8-7-19-9-10-26(31)27-22(19)18-20)5-1-2-12-28-13-15-29(16-14-28)23-4-3-6-25-21(23)11-17-32-25/h3-4,6-8,11,17-18H,1-2,5,9-10,12-16H2,(H,27,31). The summed E-state index contributed by atoms with van der Waals surface area (Å²) < 4.78 is 1.36. The molecular formula is C26H29N3O2S. The van der Waals surface area contributed by atoms with Crippen molar-refractivity contribution in [2.45, 2.75) is 32.1 Å². The van der Waals surface area contributed by atoms with Crippen molar-refractivity contribution in [2.24, 2.45) is 0 Å². The number of hydrogen-bond donors (Lipinski definition) is 1. The number of nitrogens with zero attached hydrogens (tertiary/aromatic N) is 2. The van der Waals surface area contributed by atoms with Gasteiger partial charge < -0.3 is 10.2 Å². The number of thiophene rings is 1. The van der Waals surface area contributed by atoms with Crippen LogP contribution in [0.4, 0.5) is 11.4 Å². The predicted octanol–water partition coefficient (Wildman–Crippen LogP) is 4.96. The summed E-state index contributed by atoms with van der Waals surface area (Å²) in [6.07, 6.45) is 3.78. The van der Waals surface area contributed by atoms with Crippen molar-refractivity contribution >= 4 is 44.5 Å². The van der Waals surface area contributed by atoms with Crippen LogP contribution in [0.5, 0.6) is 0 Å². The van der Waals surface area contributed by atoms with Crippen molar-refractivity contribution in [3.63, 3.8) is 0 Å². The molecule has 1 saturated heterocycles. The Labute approximate surface area is 193 Å². The van der Waals surface area contributed by atoms with Crippen molar-refractivity contribution in [3.05, 3.63) is 59.0 Å². The largest absolute Gasteiger partial charge is 0.368 e. The molecule has 5 rings (SSSR count). The Morgan fingerprint density at radius 3 is 2.75 bits per heavy atom. The number of unbranched alkanes of at least 4 members (excludes halogenated alkanes) is 1. The molecule has 3 aromatic rings. The summed E-state index contributed by atoms with van der Waals surface area (Å²) >= 11 is 1.80. The van der Waals surface area contributed by atoms with E-state index in [1.54, 1.807) is 11.3 Å². The lowest BCUT2D eigenvalue weighted by molar-refractivity contribution is -0.116. The quantitative estimate of drug-likeness (QED) is 0.411. The number of Topliss-reactive ketones (excluding diaryl/α,β-unsaturated/α-hetero) is 1. The molecule has 5 nitrogen and oxygen atoms in total. The van der Waals surface area contributed by atoms with Crippen molar-refractivity contribution in [1.82, 2.24) is 4.90 Å². The van der Waals surface area contributed by atoms with Gasteiger partial charge in [-0.1, -0.05) is 18.2 Å². The van der Waals surface area contributed by atoms with Gasteiger partial charge in [0.1, 0.15) is 0 Å². The third-order valence-electron chi connectivity index (χ3n) is 6.64. The van der Waals surface area contributed by atoms with Crippen LogP contribution in [-0.2, 0) is 11.2 Å². The van der Waals surface area contributed by atoms with Crippen molar-refractivity contribution in [1.29, 1.82) is 0 Å². The lowest BCUT2D eigenvalue weighted by atomic mass is 9.98. The fraction of sp³-hybridized carbons (Fsp3) is 0.385. The third kappa shape index (κ3) is 4.57. The van der Waals surface area contributed by atoms with Crippen LogP contribution in [0.15, 0.2) is 47.8 Å². The minimum Gasteiger partial charge on any atom is -0.368 e. The Morgan fingerprint density at radius 1 is 1.00 bits per heavy atom. The van der Waals surface area contributed by atoms with Crippen LogP contribution < -0.4 is 10.2 Å². The second kappa shape index (κ2) is 9.43. The van der Waals surface area contributed by atoms with Gasteiger partial charge in [-0.2, -0.15) is 0 Å². The highest BCUT2D eigenvalue weighted by Crippen LogP contribution is 2.31. The molecule has 0 aliphatic carbocycles. The summed E-state index contributed by atoms with van der Waals surface area (Å²) in [7, 11) is 0. The number of ketones is 1. The molecule has 1 N–H and O–H groups in total. The Bertz CT molecular complexity index is 1130. The number of carbonyl (C=O) groups excluding carboxylic acids is 2. The minimum absolute atomic E-state index is 0.0363. The average molecular weight is 448 g/mol. The van der Waals surface area contributed by atoms with E-state index in [0.29, 0.717) is 18.4 Å². The van der Waals surface area contributed by atoms with Crippen molar-refractivity contribution in [2.75, 3.05) is 42.9 Å². The molecule has 6 heteroatoms. The molecule has 0 radical (unpaired) electrons. The summed E-state index contributed by atoms with van der Waals surface area (Å²) in [6, 6.07) is 14.6. The maximum absolute atomic E-state index is 12.6. The molecule has 2 aromatic carbocycles. The van der Waals surface area contributed by atoms with Gasteiger partial charge in [0.2, 0.25) is 5.91 Å². The third-order valence-corrected chi connectivity index (χ3v) is 7.52. The van der Waals surface area contributed by atoms with E-state index in [9.17, 15) is 9.59 Å². The fourth-order valence-corrected chi connectivity index (χ4v) is 5.58. The zero-order valence-electron chi connectivity index (χ0n) is 18.3. The van der Waals surface area contributed by atoms with Crippen LogP contribution in [0.25, 0.3) is 10.1 Å². The summed E-state index contributed by atoms with van der Waals surface area (Å²) in [6.45, 7) is 5.28. The number of benzene rings is 2. The number of rotatable bonds is 7. The zero-order valence-corrected chi connectivity index (χ0v) is 19.1. The molecule has 0 bridgehead atoms. The summed E-state index contributed by atoms with van der Waals surface area (Å²) in [5, 5.41) is 6.43. The first kappa shape index (κ1) is 21.2. The van der Waals surface area contributed by atoms with Crippen LogP contribution in [0.2, 0.25) is 0 Å². The van der Waals surface area contributed by atoms with E-state index in [4.69, 9.17) is 0 Å². The molecule has 0 atom stereocenters. The predicted molar refractivity (Wildman–Crippen MR) is 132 cm³/mol. The highest BCUT2D eigenvalue weighted by atomic mass is 32.1. The van der Waals surface area contributed by atoms with Gasteiger partial charge in [-0.3, -0.25) is 14.5 Å². The number of hydrogen-bond acceptors (Lipinski definition) is 5. The minimum atomic E-state index is 0.0363. The molecular weight excluding hydrogens is 418 g/mol. The van der Waals surface area contributed by atoms with Gasteiger partial charge in [-0.15, -0.1) is 11.3 Å². The molecule has 0 saturated carbocycles. The highest BCUT2D eigenvalue weighted by Gasteiger charge is 2.19. The van der Waals surface area contributed by atoms with E-state index in [1.165, 1.54) is 15.8 Å². The van der Waals surface area contributed by atoms with Crippen molar-refractivity contribution < 1.29 is 9.59 Å². The molecule has 2 aliphatic heterocycles. The number of piperazine rings is 1. The molecule has 1 amide bonds. The van der Waals surface area contributed by atoms with Gasteiger partial charge in [0.05, 0.1) is 0 Å². The number of amides is 1. The van der Waals surface area contributed by atoms with Crippen LogP contribution in [0, 0.1) is 0 Å². The maximum atomic E-state index is 12.6. The number of fused-ring (bicyclic) bond motifs is 2. The summed E-state index contributed by atoms with van der Waals surface area (Å²) in [5.41, 5.74) is 4.00. The van der Waals surface area contributed by atoms with Crippen LogP contribution in [-0.4, -0.2) is 49.3 Å². The van der Waals surface area contributed by atoms with Gasteiger partial charge in [0.25, 0.3) is 0 Å². The van der Waals surface area contributed by atoms with E-state index in [-0.39, 0.29) is 11.7 Å². The summed E-state index contributed by atoms with van der Waals surface area (Å²) in [4.78, 5) is 29.2. The first-order valence-electron chi connectivity index (χ1n) is 11.6. The lowest BCUT2D eigenvalue weighted by Gasteiger charge is -2.36. The Hall–Kier alpha value is -2.70. The van der Waals surface area contributed by atoms with Gasteiger partial charge in [0.15, 0.2) is 5.78 Å². The van der Waals surface area contributed by atoms with Crippen LogP contribution in [0.1, 0.15) is 41.6 Å². The highest BCUT2D eigenvalue weighted by molar-refractivity contribution is 7.17. The number of aryl methyl sites for hydroxylation is 1. The number of anilines is 2. The molecule has 166 valence electrons. The van der Waals surface area contributed by atoms with Gasteiger partial charge >= 0.3 is 0 Å². The van der Waals surface area contributed by atoms with E-state index >= 15 is 0 Å². The number of carbonyl (C=O) groups is 2. The van der Waals surface area contributed by atoms with Gasteiger partial charge in [0, 0.05) is 66.0 Å². The molecule has 2 aliphatic rings. The maximum Gasteiger partial charge on any atom is 0.224 e. The molecule has 32 heavy (non-hydrogen) atoms. The Morgan fingerprint density at radius 2 is 1.88 bits per heavy atom. The fourth-order valence-electron chi connectivity index (χ4n) is 4.78. The lowest BCUT2D eigenvalue weighted by Crippen LogP contribution is -2.46. The SMILES string of the molecule is O=C1CCc2ccc(C(=O)CCCCN3CCN(c4cccc5sccc45)CC3)cc2N1. The van der Waals surface area contributed by atoms with E-state index in [2.05, 4.69) is 44.8 Å². The Balaban J connectivity index is 1.06. The smallest absolute Gasteiger partial charge is 0.224 e. The van der Waals surface area contributed by atoms with Crippen LogP contribution >= 0.6 is 11.3 Å². The van der Waals surface area contributed by atoms with E-state index in [0.717, 1.165) is 63.2 Å². The monoisotopic (exact) mass is 447 g/mol. The first-order chi connectivity index (χ1) is 15.7. The normalized spacial score (nSPS) is 16.8. The first-order valence-corrected chi connectivity index (χ1v) is 12.4. The molecule has 0 unspecified atom stereocenters. The molecule has 3 heterocycles. The topological polar surface area (TPSA) is 52.7 Å². The van der Waals surface area contributed by atoms with Crippen molar-refractivity contribution in [3.8, 4) is 0 Å². The molecule has 1 aromatic heterocycles. The van der Waals surface area contributed by atoms with Crippen LogP contribution in [0.3, 0.4) is 0 Å². The van der Waals surface area contributed by atoms with E-state index < -0.39 is 0 Å². The summed E-state index contributed by atoms with van der Waals surface area (Å²) in [5.74, 6) is 0.204. The average Bonchev–Trinajstić information content (AvgIpc) is 3.31. The molecule has 0 spiro atoms. The zero-order chi connectivity index (χ0) is 21.9. The second-order valence-corrected chi connectivity index (χ2v) is 9.69. The number of nitrogens with one attached hydrogen (secondary N) is 1. The van der Waals surface area contributed by atoms with Gasteiger partial charge in [-0.25, -0.2) is 0 Å². The Kier molecular flexibility index (Phi) is 6.23. The second-order valence-electron chi connectivity index (χ2n) is 8.74.